The van der Waals surface area contributed by atoms with E-state index in [0.717, 1.165) is 38.5 Å². The van der Waals surface area contributed by atoms with Crippen molar-refractivity contribution < 1.29 is 0 Å². The van der Waals surface area contributed by atoms with Crippen molar-refractivity contribution in [3.8, 4) is 0 Å². The molecule has 2 heterocycles. The predicted molar refractivity (Wildman–Crippen MR) is 95.9 cm³/mol. The normalized spacial score (nSPS) is 22.4. The molecular formula is C19H25N3S. The van der Waals surface area contributed by atoms with Crippen LogP contribution in [0.3, 0.4) is 0 Å². The monoisotopic (exact) mass is 327 g/mol. The molecule has 0 radical (unpaired) electrons. The number of benzene rings is 1. The van der Waals surface area contributed by atoms with Crippen LogP contribution >= 0.6 is 11.3 Å². The molecule has 1 N–H and O–H groups in total. The van der Waals surface area contributed by atoms with E-state index < -0.39 is 0 Å². The minimum atomic E-state index is 0.459. The van der Waals surface area contributed by atoms with E-state index in [2.05, 4.69) is 46.8 Å². The molecule has 23 heavy (non-hydrogen) atoms. The van der Waals surface area contributed by atoms with Gasteiger partial charge in [-0.15, -0.1) is 11.3 Å². The molecule has 1 aromatic heterocycles. The van der Waals surface area contributed by atoms with E-state index in [4.69, 9.17) is 4.98 Å². The second kappa shape index (κ2) is 6.71. The summed E-state index contributed by atoms with van der Waals surface area (Å²) < 4.78 is 0. The van der Waals surface area contributed by atoms with E-state index in [0.29, 0.717) is 6.04 Å². The Hall–Kier alpha value is -1.23. The van der Waals surface area contributed by atoms with Crippen LogP contribution in [0.5, 0.6) is 0 Å². The second-order valence-corrected chi connectivity index (χ2v) is 7.63. The molecule has 1 saturated carbocycles. The zero-order valence-corrected chi connectivity index (χ0v) is 14.6. The minimum Gasteiger partial charge on any atom is -0.314 e. The SMILES string of the molecule is CCc1ccc(C2CNCCN2Cc2csc(C3CC3)n2)cc1. The van der Waals surface area contributed by atoms with Crippen LogP contribution < -0.4 is 5.32 Å². The van der Waals surface area contributed by atoms with Crippen molar-refractivity contribution in [1.82, 2.24) is 15.2 Å². The van der Waals surface area contributed by atoms with Gasteiger partial charge in [-0.1, -0.05) is 31.2 Å². The number of piperazine rings is 1. The van der Waals surface area contributed by atoms with Crippen molar-refractivity contribution >= 4 is 11.3 Å². The molecule has 2 aliphatic rings. The van der Waals surface area contributed by atoms with Crippen LogP contribution in [0.1, 0.15) is 53.6 Å². The van der Waals surface area contributed by atoms with Crippen LogP contribution in [0, 0.1) is 0 Å². The summed E-state index contributed by atoms with van der Waals surface area (Å²) in [5.41, 5.74) is 4.10. The molecule has 122 valence electrons. The summed E-state index contributed by atoms with van der Waals surface area (Å²) in [5, 5.41) is 7.18. The lowest BCUT2D eigenvalue weighted by Crippen LogP contribution is -2.45. The van der Waals surface area contributed by atoms with E-state index in [1.165, 1.54) is 34.7 Å². The largest absolute Gasteiger partial charge is 0.314 e. The summed E-state index contributed by atoms with van der Waals surface area (Å²) in [4.78, 5) is 7.46. The lowest BCUT2D eigenvalue weighted by Gasteiger charge is -2.36. The van der Waals surface area contributed by atoms with Crippen molar-refractivity contribution in [3.63, 3.8) is 0 Å². The van der Waals surface area contributed by atoms with Crippen LogP contribution in [-0.4, -0.2) is 29.5 Å². The molecule has 1 aliphatic heterocycles. The van der Waals surface area contributed by atoms with E-state index in [1.54, 1.807) is 0 Å². The summed E-state index contributed by atoms with van der Waals surface area (Å²) in [6, 6.07) is 9.62. The van der Waals surface area contributed by atoms with Crippen LogP contribution in [0.25, 0.3) is 0 Å². The first-order valence-electron chi connectivity index (χ1n) is 8.81. The fourth-order valence-electron chi connectivity index (χ4n) is 3.36. The Balaban J connectivity index is 1.49. The highest BCUT2D eigenvalue weighted by Crippen LogP contribution is 2.41. The topological polar surface area (TPSA) is 28.2 Å². The van der Waals surface area contributed by atoms with E-state index in [-0.39, 0.29) is 0 Å². The van der Waals surface area contributed by atoms with Gasteiger partial charge in [0.25, 0.3) is 0 Å². The van der Waals surface area contributed by atoms with E-state index in [9.17, 15) is 0 Å². The molecule has 0 amide bonds. The van der Waals surface area contributed by atoms with Gasteiger partial charge in [-0.3, -0.25) is 4.90 Å². The highest BCUT2D eigenvalue weighted by atomic mass is 32.1. The third-order valence-electron chi connectivity index (χ3n) is 4.99. The quantitative estimate of drug-likeness (QED) is 0.907. The number of hydrogen-bond donors (Lipinski definition) is 1. The zero-order valence-electron chi connectivity index (χ0n) is 13.8. The first-order valence-corrected chi connectivity index (χ1v) is 9.69. The molecule has 3 nitrogen and oxygen atoms in total. The lowest BCUT2D eigenvalue weighted by molar-refractivity contribution is 0.152. The van der Waals surface area contributed by atoms with Gasteiger partial charge in [-0.05, 0) is 30.4 Å². The van der Waals surface area contributed by atoms with Crippen molar-refractivity contribution in [2.45, 2.75) is 44.7 Å². The average molecular weight is 327 g/mol. The molecule has 1 atom stereocenters. The zero-order chi connectivity index (χ0) is 15.6. The first-order chi connectivity index (χ1) is 11.3. The Morgan fingerprint density at radius 1 is 1.26 bits per heavy atom. The molecule has 4 heteroatoms. The van der Waals surface area contributed by atoms with Crippen molar-refractivity contribution in [3.05, 3.63) is 51.5 Å². The third-order valence-corrected chi connectivity index (χ3v) is 6.04. The van der Waals surface area contributed by atoms with Gasteiger partial charge in [0.15, 0.2) is 0 Å². The van der Waals surface area contributed by atoms with Gasteiger partial charge in [-0.2, -0.15) is 0 Å². The predicted octanol–water partition coefficient (Wildman–Crippen LogP) is 3.73. The molecule has 1 aromatic carbocycles. The van der Waals surface area contributed by atoms with E-state index >= 15 is 0 Å². The molecule has 4 rings (SSSR count). The molecule has 1 unspecified atom stereocenters. The van der Waals surface area contributed by atoms with Gasteiger partial charge in [-0.25, -0.2) is 4.98 Å². The number of rotatable bonds is 5. The van der Waals surface area contributed by atoms with Crippen LogP contribution in [0.15, 0.2) is 29.6 Å². The average Bonchev–Trinajstić information content (AvgIpc) is 3.35. The molecule has 0 spiro atoms. The van der Waals surface area contributed by atoms with Crippen LogP contribution in [0.4, 0.5) is 0 Å². The fraction of sp³-hybridized carbons (Fsp3) is 0.526. The Labute approximate surface area is 142 Å². The number of aryl methyl sites for hydroxylation is 1. The smallest absolute Gasteiger partial charge is 0.0959 e. The maximum absolute atomic E-state index is 4.88. The Morgan fingerprint density at radius 3 is 2.83 bits per heavy atom. The number of thiazole rings is 1. The van der Waals surface area contributed by atoms with Crippen molar-refractivity contribution in [1.29, 1.82) is 0 Å². The van der Waals surface area contributed by atoms with Crippen LogP contribution in [0.2, 0.25) is 0 Å². The number of aromatic nitrogens is 1. The summed E-state index contributed by atoms with van der Waals surface area (Å²) in [5.74, 6) is 0.772. The van der Waals surface area contributed by atoms with Gasteiger partial charge < -0.3 is 5.32 Å². The van der Waals surface area contributed by atoms with E-state index in [1.807, 2.05) is 11.3 Å². The van der Waals surface area contributed by atoms with Gasteiger partial charge in [0.1, 0.15) is 0 Å². The Kier molecular flexibility index (Phi) is 4.47. The third kappa shape index (κ3) is 3.49. The molecule has 1 aliphatic carbocycles. The summed E-state index contributed by atoms with van der Waals surface area (Å²) in [6.45, 7) is 6.39. The van der Waals surface area contributed by atoms with Gasteiger partial charge in [0.05, 0.1) is 10.7 Å². The van der Waals surface area contributed by atoms with Crippen LogP contribution in [-0.2, 0) is 13.0 Å². The second-order valence-electron chi connectivity index (χ2n) is 6.74. The summed E-state index contributed by atoms with van der Waals surface area (Å²) >= 11 is 1.86. The molecular weight excluding hydrogens is 302 g/mol. The van der Waals surface area contributed by atoms with Gasteiger partial charge >= 0.3 is 0 Å². The maximum atomic E-state index is 4.88. The number of nitrogens with one attached hydrogen (secondary N) is 1. The minimum absolute atomic E-state index is 0.459. The maximum Gasteiger partial charge on any atom is 0.0959 e. The molecule has 2 aromatic rings. The number of nitrogens with zero attached hydrogens (tertiary/aromatic N) is 2. The number of hydrogen-bond acceptors (Lipinski definition) is 4. The van der Waals surface area contributed by atoms with Gasteiger partial charge in [0, 0.05) is 43.5 Å². The highest BCUT2D eigenvalue weighted by molar-refractivity contribution is 7.09. The fourth-order valence-corrected chi connectivity index (χ4v) is 4.34. The van der Waals surface area contributed by atoms with Crippen molar-refractivity contribution in [2.24, 2.45) is 0 Å². The Bertz CT molecular complexity index is 645. The highest BCUT2D eigenvalue weighted by Gasteiger charge is 2.28. The molecule has 0 bridgehead atoms. The molecule has 1 saturated heterocycles. The lowest BCUT2D eigenvalue weighted by atomic mass is 10.0. The summed E-state index contributed by atoms with van der Waals surface area (Å²) in [6.07, 6.45) is 3.79. The molecule has 2 fully saturated rings. The Morgan fingerprint density at radius 2 is 2.09 bits per heavy atom. The van der Waals surface area contributed by atoms with Gasteiger partial charge in [0.2, 0.25) is 0 Å². The standard InChI is InChI=1S/C19H25N3S/c1-2-14-3-5-15(6-4-14)18-11-20-9-10-22(18)12-17-13-23-19(21-17)16-7-8-16/h3-6,13,16,18,20H,2,7-12H2,1H3. The van der Waals surface area contributed by atoms with Crippen molar-refractivity contribution in [2.75, 3.05) is 19.6 Å². The first kappa shape index (κ1) is 15.3. The summed E-state index contributed by atoms with van der Waals surface area (Å²) in [7, 11) is 0.